The van der Waals surface area contributed by atoms with E-state index in [0.29, 0.717) is 0 Å². The second-order valence-corrected chi connectivity index (χ2v) is 7.69. The molecule has 2 aliphatic rings. The van der Waals surface area contributed by atoms with Gasteiger partial charge >= 0.3 is 5.97 Å². The number of nitrogens with zero attached hydrogens (tertiary/aromatic N) is 4. The molecule has 26 heavy (non-hydrogen) atoms. The van der Waals surface area contributed by atoms with Crippen LogP contribution in [-0.4, -0.2) is 49.9 Å². The van der Waals surface area contributed by atoms with Crippen molar-refractivity contribution in [3.8, 4) is 0 Å². The number of carboxylic acid groups (broad SMARTS) is 1. The quantitative estimate of drug-likeness (QED) is 0.266. The number of imide groups is 1. The lowest BCUT2D eigenvalue weighted by molar-refractivity contribution is -0.139. The molecule has 0 aromatic heterocycles. The SMILES string of the molecule is CC(C)(SC1NC(=O)C1N1C(=O)c2ccccc2C1=O)C(=O)O.[N-]=[N+]=[N-]. The van der Waals surface area contributed by atoms with E-state index in [1.165, 1.54) is 30.9 Å². The van der Waals surface area contributed by atoms with Crippen LogP contribution in [0.4, 0.5) is 0 Å². The standard InChI is InChI=1S/C15H14N2O5S.N3/c1-15(2,14(21)22)23-11-9(10(18)16-11)17-12(19)7-5-3-4-6-8(7)13(17)20;1-3-2/h3-6,9,11H,1-2H3,(H,16,18)(H,21,22);/q;-1. The number of carboxylic acids is 1. The maximum Gasteiger partial charge on any atom is 0.319 e. The van der Waals surface area contributed by atoms with E-state index in [9.17, 15) is 24.3 Å². The highest BCUT2D eigenvalue weighted by Crippen LogP contribution is 2.37. The van der Waals surface area contributed by atoms with Crippen molar-refractivity contribution < 1.29 is 24.3 Å². The molecule has 11 heteroatoms. The van der Waals surface area contributed by atoms with Crippen LogP contribution in [0.2, 0.25) is 0 Å². The lowest BCUT2D eigenvalue weighted by Crippen LogP contribution is -2.69. The molecule has 2 N–H and O–H groups in total. The van der Waals surface area contributed by atoms with Gasteiger partial charge in [-0.2, -0.15) is 0 Å². The van der Waals surface area contributed by atoms with E-state index in [-0.39, 0.29) is 11.1 Å². The van der Waals surface area contributed by atoms with Crippen molar-refractivity contribution >= 4 is 35.5 Å². The molecule has 1 saturated heterocycles. The molecule has 0 aliphatic carbocycles. The Morgan fingerprint density at radius 3 is 2.04 bits per heavy atom. The molecule has 1 fully saturated rings. The van der Waals surface area contributed by atoms with Crippen LogP contribution in [0.3, 0.4) is 0 Å². The third-order valence-electron chi connectivity index (χ3n) is 3.88. The van der Waals surface area contributed by atoms with Crippen LogP contribution < -0.4 is 5.32 Å². The maximum atomic E-state index is 12.4. The van der Waals surface area contributed by atoms with E-state index >= 15 is 0 Å². The summed E-state index contributed by atoms with van der Waals surface area (Å²) in [5.74, 6) is -2.55. The summed E-state index contributed by atoms with van der Waals surface area (Å²) >= 11 is 1.00. The Bertz CT molecular complexity index is 798. The van der Waals surface area contributed by atoms with Gasteiger partial charge in [-0.3, -0.25) is 29.0 Å². The molecular formula is C15H14N5O5S-. The van der Waals surface area contributed by atoms with Crippen molar-refractivity contribution in [2.45, 2.75) is 30.0 Å². The van der Waals surface area contributed by atoms with Gasteiger partial charge in [0.05, 0.1) is 11.1 Å². The third kappa shape index (κ3) is 3.22. The van der Waals surface area contributed by atoms with Gasteiger partial charge < -0.3 is 21.5 Å². The molecule has 0 bridgehead atoms. The summed E-state index contributed by atoms with van der Waals surface area (Å²) in [6, 6.07) is 5.37. The number of aliphatic carboxylic acids is 1. The highest BCUT2D eigenvalue weighted by Gasteiger charge is 2.53. The van der Waals surface area contributed by atoms with Crippen LogP contribution >= 0.6 is 11.8 Å². The summed E-state index contributed by atoms with van der Waals surface area (Å²) in [4.78, 5) is 50.4. The first-order chi connectivity index (χ1) is 12.2. The van der Waals surface area contributed by atoms with E-state index in [1.54, 1.807) is 12.1 Å². The lowest BCUT2D eigenvalue weighted by atomic mass is 10.1. The minimum absolute atomic E-state index is 0.262. The molecule has 2 aliphatic heterocycles. The zero-order chi connectivity index (χ0) is 19.6. The second-order valence-electron chi connectivity index (χ2n) is 5.92. The van der Waals surface area contributed by atoms with Gasteiger partial charge in [0.1, 0.15) is 16.2 Å². The molecule has 2 unspecified atom stereocenters. The highest BCUT2D eigenvalue weighted by molar-refractivity contribution is 8.02. The van der Waals surface area contributed by atoms with Crippen LogP contribution in [0.5, 0.6) is 0 Å². The molecule has 0 radical (unpaired) electrons. The number of thioether (sulfide) groups is 1. The Balaban J connectivity index is 0.000000758. The molecule has 10 nitrogen and oxygen atoms in total. The van der Waals surface area contributed by atoms with Gasteiger partial charge in [-0.15, -0.1) is 11.8 Å². The Morgan fingerprint density at radius 1 is 1.19 bits per heavy atom. The average molecular weight is 376 g/mol. The van der Waals surface area contributed by atoms with Crippen molar-refractivity contribution in [2.75, 3.05) is 0 Å². The molecule has 1 aromatic carbocycles. The number of benzene rings is 1. The van der Waals surface area contributed by atoms with Crippen LogP contribution in [0.15, 0.2) is 24.3 Å². The minimum atomic E-state index is -1.16. The summed E-state index contributed by atoms with van der Waals surface area (Å²) in [6.07, 6.45) is 0. The monoisotopic (exact) mass is 376 g/mol. The number of rotatable bonds is 4. The number of fused-ring (bicyclic) bond motifs is 1. The topological polar surface area (TPSA) is 162 Å². The fraction of sp³-hybridized carbons (Fsp3) is 0.333. The van der Waals surface area contributed by atoms with E-state index in [4.69, 9.17) is 11.1 Å². The van der Waals surface area contributed by atoms with Crippen molar-refractivity contribution in [3.05, 3.63) is 51.4 Å². The first kappa shape index (κ1) is 19.3. The number of nitrogens with one attached hydrogen (secondary N) is 1. The summed E-state index contributed by atoms with van der Waals surface area (Å²) in [5, 5.41) is 11.1. The molecule has 2 heterocycles. The maximum absolute atomic E-state index is 12.4. The number of amides is 3. The number of carbonyl (C=O) groups is 4. The molecule has 0 saturated carbocycles. The predicted molar refractivity (Wildman–Crippen MR) is 92.0 cm³/mol. The highest BCUT2D eigenvalue weighted by atomic mass is 32.2. The van der Waals surface area contributed by atoms with Gasteiger partial charge in [0.2, 0.25) is 5.91 Å². The zero-order valence-electron chi connectivity index (χ0n) is 13.7. The number of carbonyl (C=O) groups excluding carboxylic acids is 3. The fourth-order valence-electron chi connectivity index (χ4n) is 2.52. The number of hydrogen-bond acceptors (Lipinski definition) is 5. The van der Waals surface area contributed by atoms with Crippen molar-refractivity contribution in [2.24, 2.45) is 0 Å². The van der Waals surface area contributed by atoms with Crippen molar-refractivity contribution in [3.63, 3.8) is 0 Å². The zero-order valence-corrected chi connectivity index (χ0v) is 14.6. The molecular weight excluding hydrogens is 362 g/mol. The average Bonchev–Trinajstić information content (AvgIpc) is 2.80. The van der Waals surface area contributed by atoms with Gasteiger partial charge in [0.15, 0.2) is 0 Å². The molecule has 3 amide bonds. The summed E-state index contributed by atoms with van der Waals surface area (Å²) < 4.78 is -1.16. The van der Waals surface area contributed by atoms with E-state index in [1.807, 2.05) is 0 Å². The minimum Gasteiger partial charge on any atom is -0.480 e. The Morgan fingerprint density at radius 2 is 1.65 bits per heavy atom. The van der Waals surface area contributed by atoms with Crippen LogP contribution in [-0.2, 0) is 9.59 Å². The summed E-state index contributed by atoms with van der Waals surface area (Å²) in [5.41, 5.74) is 14.0. The van der Waals surface area contributed by atoms with Gasteiger partial charge in [0.25, 0.3) is 11.8 Å². The normalized spacial score (nSPS) is 21.0. The predicted octanol–water partition coefficient (Wildman–Crippen LogP) is 1.57. The first-order valence-corrected chi connectivity index (χ1v) is 8.20. The molecule has 3 rings (SSSR count). The van der Waals surface area contributed by atoms with Gasteiger partial charge in [-0.1, -0.05) is 12.1 Å². The molecule has 2 atom stereocenters. The van der Waals surface area contributed by atoms with Crippen LogP contribution in [0, 0.1) is 0 Å². The smallest absolute Gasteiger partial charge is 0.319 e. The van der Waals surface area contributed by atoms with Gasteiger partial charge in [-0.25, -0.2) is 0 Å². The van der Waals surface area contributed by atoms with E-state index in [0.717, 1.165) is 16.7 Å². The first-order valence-electron chi connectivity index (χ1n) is 7.32. The summed E-state index contributed by atoms with van der Waals surface area (Å²) in [7, 11) is 0. The summed E-state index contributed by atoms with van der Waals surface area (Å²) in [6.45, 7) is 3.01. The largest absolute Gasteiger partial charge is 0.480 e. The lowest BCUT2D eigenvalue weighted by Gasteiger charge is -2.42. The Kier molecular flexibility index (Phi) is 5.24. The third-order valence-corrected chi connectivity index (χ3v) is 5.27. The molecule has 136 valence electrons. The van der Waals surface area contributed by atoms with Crippen LogP contribution in [0.1, 0.15) is 34.6 Å². The Hall–Kier alpha value is -3.04. The Labute approximate surface area is 152 Å². The van der Waals surface area contributed by atoms with Gasteiger partial charge in [0, 0.05) is 0 Å². The van der Waals surface area contributed by atoms with Gasteiger partial charge in [-0.05, 0) is 26.0 Å². The van der Waals surface area contributed by atoms with Crippen molar-refractivity contribution in [1.82, 2.24) is 10.2 Å². The van der Waals surface area contributed by atoms with E-state index < -0.39 is 39.9 Å². The second kappa shape index (κ2) is 7.06. The number of β-lactam (4-membered cyclic amide) rings is 1. The van der Waals surface area contributed by atoms with Crippen molar-refractivity contribution in [1.29, 1.82) is 0 Å². The molecule has 0 spiro atoms. The number of hydrogen-bond donors (Lipinski definition) is 2. The fourth-order valence-corrected chi connectivity index (χ4v) is 3.81. The van der Waals surface area contributed by atoms with E-state index in [2.05, 4.69) is 5.32 Å². The molecule has 1 aromatic rings. The van der Waals surface area contributed by atoms with Crippen LogP contribution in [0.25, 0.3) is 16.0 Å².